The van der Waals surface area contributed by atoms with Gasteiger partial charge in [-0.25, -0.2) is 4.79 Å². The number of ketones is 1. The van der Waals surface area contributed by atoms with E-state index in [1.165, 1.54) is 26.4 Å². The predicted molar refractivity (Wildman–Crippen MR) is 70.5 cm³/mol. The van der Waals surface area contributed by atoms with Crippen LogP contribution in [0.25, 0.3) is 0 Å². The monoisotopic (exact) mass is 287 g/mol. The van der Waals surface area contributed by atoms with Gasteiger partial charge >= 0.3 is 11.9 Å². The van der Waals surface area contributed by atoms with E-state index in [-0.39, 0.29) is 24.0 Å². The van der Waals surface area contributed by atoms with Crippen LogP contribution in [0.4, 0.5) is 0 Å². The number of carbonyl (C=O) groups is 3. The SMILES string of the molecule is COC(=O)c1cccc2c1CC(CC#N)(C(=O)OC)C2=O. The Morgan fingerprint density at radius 2 is 2.05 bits per heavy atom. The molecule has 0 spiro atoms. The first-order valence-electron chi connectivity index (χ1n) is 6.22. The van der Waals surface area contributed by atoms with Crippen LogP contribution in [0.5, 0.6) is 0 Å². The number of ether oxygens (including phenoxy) is 2. The number of fused-ring (bicyclic) bond motifs is 1. The van der Waals surface area contributed by atoms with Gasteiger partial charge in [0.05, 0.1) is 32.3 Å². The van der Waals surface area contributed by atoms with E-state index in [1.807, 2.05) is 6.07 Å². The molecule has 0 heterocycles. The number of hydrogen-bond donors (Lipinski definition) is 0. The predicted octanol–water partition coefficient (Wildman–Crippen LogP) is 1.29. The summed E-state index contributed by atoms with van der Waals surface area (Å²) in [4.78, 5) is 36.4. The van der Waals surface area contributed by atoms with Crippen molar-refractivity contribution in [3.8, 4) is 6.07 Å². The van der Waals surface area contributed by atoms with Crippen LogP contribution >= 0.6 is 0 Å². The van der Waals surface area contributed by atoms with Crippen LogP contribution in [0, 0.1) is 16.7 Å². The maximum Gasteiger partial charge on any atom is 0.338 e. The van der Waals surface area contributed by atoms with E-state index in [9.17, 15) is 14.4 Å². The van der Waals surface area contributed by atoms with E-state index in [4.69, 9.17) is 10.00 Å². The highest BCUT2D eigenvalue weighted by Gasteiger charge is 2.53. The second-order valence-corrected chi connectivity index (χ2v) is 4.74. The Kier molecular flexibility index (Phi) is 3.76. The lowest BCUT2D eigenvalue weighted by atomic mass is 9.80. The summed E-state index contributed by atoms with van der Waals surface area (Å²) < 4.78 is 9.37. The van der Waals surface area contributed by atoms with E-state index in [0.29, 0.717) is 5.56 Å². The van der Waals surface area contributed by atoms with Gasteiger partial charge in [0.15, 0.2) is 5.78 Å². The molecule has 0 aliphatic heterocycles. The molecule has 1 aliphatic rings. The van der Waals surface area contributed by atoms with Crippen molar-refractivity contribution >= 4 is 17.7 Å². The Morgan fingerprint density at radius 3 is 2.62 bits per heavy atom. The zero-order valence-corrected chi connectivity index (χ0v) is 11.6. The molecule has 0 fully saturated rings. The zero-order valence-electron chi connectivity index (χ0n) is 11.6. The van der Waals surface area contributed by atoms with Crippen LogP contribution < -0.4 is 0 Å². The Labute approximate surface area is 121 Å². The van der Waals surface area contributed by atoms with Crippen LogP contribution in [-0.4, -0.2) is 31.9 Å². The molecule has 1 aromatic carbocycles. The van der Waals surface area contributed by atoms with Gasteiger partial charge in [-0.2, -0.15) is 5.26 Å². The van der Waals surface area contributed by atoms with Crippen molar-refractivity contribution < 1.29 is 23.9 Å². The summed E-state index contributed by atoms with van der Waals surface area (Å²) in [5.74, 6) is -1.84. The second kappa shape index (κ2) is 5.37. The van der Waals surface area contributed by atoms with Gasteiger partial charge in [-0.05, 0) is 18.1 Å². The highest BCUT2D eigenvalue weighted by Crippen LogP contribution is 2.42. The van der Waals surface area contributed by atoms with Gasteiger partial charge in [0.25, 0.3) is 0 Å². The fourth-order valence-corrected chi connectivity index (χ4v) is 2.64. The standard InChI is InChI=1S/C15H13NO5/c1-20-13(18)10-5-3-4-9-11(10)8-15(6-7-16,12(9)17)14(19)21-2/h3-5H,6,8H2,1-2H3. The molecule has 0 amide bonds. The first kappa shape index (κ1) is 14.7. The first-order chi connectivity index (χ1) is 10.0. The van der Waals surface area contributed by atoms with E-state index in [1.54, 1.807) is 6.07 Å². The maximum atomic E-state index is 12.6. The van der Waals surface area contributed by atoms with Crippen LogP contribution in [0.15, 0.2) is 18.2 Å². The molecule has 0 saturated heterocycles. The molecule has 2 rings (SSSR count). The Hall–Kier alpha value is -2.68. The van der Waals surface area contributed by atoms with Crippen molar-refractivity contribution in [1.29, 1.82) is 5.26 Å². The smallest absolute Gasteiger partial charge is 0.338 e. The molecule has 0 aromatic heterocycles. The van der Waals surface area contributed by atoms with Gasteiger partial charge < -0.3 is 9.47 Å². The fourth-order valence-electron chi connectivity index (χ4n) is 2.64. The summed E-state index contributed by atoms with van der Waals surface area (Å²) in [6.45, 7) is 0. The highest BCUT2D eigenvalue weighted by atomic mass is 16.5. The third kappa shape index (κ3) is 2.07. The summed E-state index contributed by atoms with van der Waals surface area (Å²) in [6.07, 6.45) is -0.333. The average molecular weight is 287 g/mol. The van der Waals surface area contributed by atoms with Crippen LogP contribution in [0.3, 0.4) is 0 Å². The minimum Gasteiger partial charge on any atom is -0.468 e. The zero-order chi connectivity index (χ0) is 15.6. The van der Waals surface area contributed by atoms with E-state index in [0.717, 1.165) is 0 Å². The molecule has 6 nitrogen and oxygen atoms in total. The lowest BCUT2D eigenvalue weighted by Crippen LogP contribution is -2.38. The van der Waals surface area contributed by atoms with Crippen LogP contribution in [0.2, 0.25) is 0 Å². The second-order valence-electron chi connectivity index (χ2n) is 4.74. The van der Waals surface area contributed by atoms with Gasteiger partial charge in [-0.15, -0.1) is 0 Å². The van der Waals surface area contributed by atoms with Crippen LogP contribution in [-0.2, 0) is 20.7 Å². The third-order valence-corrected chi connectivity index (χ3v) is 3.70. The van der Waals surface area contributed by atoms with Gasteiger partial charge in [0.2, 0.25) is 0 Å². The van der Waals surface area contributed by atoms with Gasteiger partial charge in [-0.3, -0.25) is 9.59 Å². The van der Waals surface area contributed by atoms with Crippen molar-refractivity contribution in [2.75, 3.05) is 14.2 Å². The van der Waals surface area contributed by atoms with E-state index < -0.39 is 23.1 Å². The number of nitriles is 1. The van der Waals surface area contributed by atoms with E-state index in [2.05, 4.69) is 4.74 Å². The number of methoxy groups -OCH3 is 2. The number of carbonyl (C=O) groups excluding carboxylic acids is 3. The molecule has 1 aliphatic carbocycles. The highest BCUT2D eigenvalue weighted by molar-refractivity contribution is 6.17. The number of Topliss-reactive ketones (excluding diaryl/α,β-unsaturated/α-hetero) is 1. The molecule has 0 N–H and O–H groups in total. The molecule has 1 atom stereocenters. The molecule has 108 valence electrons. The fraction of sp³-hybridized carbons (Fsp3) is 0.333. The maximum absolute atomic E-state index is 12.6. The van der Waals surface area contributed by atoms with Crippen LogP contribution in [0.1, 0.15) is 32.7 Å². The Morgan fingerprint density at radius 1 is 1.33 bits per heavy atom. The quantitative estimate of drug-likeness (QED) is 0.614. The molecule has 1 aromatic rings. The minimum atomic E-state index is -1.57. The van der Waals surface area contributed by atoms with Gasteiger partial charge in [0.1, 0.15) is 5.41 Å². The molecule has 0 radical (unpaired) electrons. The number of rotatable bonds is 3. The largest absolute Gasteiger partial charge is 0.468 e. The van der Waals surface area contributed by atoms with Crippen molar-refractivity contribution in [3.63, 3.8) is 0 Å². The molecule has 1 unspecified atom stereocenters. The van der Waals surface area contributed by atoms with Crippen molar-refractivity contribution in [1.82, 2.24) is 0 Å². The molecule has 0 saturated carbocycles. The molecule has 21 heavy (non-hydrogen) atoms. The molecule has 0 bridgehead atoms. The van der Waals surface area contributed by atoms with Gasteiger partial charge in [0, 0.05) is 5.56 Å². The average Bonchev–Trinajstić information content (AvgIpc) is 2.80. The topological polar surface area (TPSA) is 93.5 Å². The number of benzene rings is 1. The lowest BCUT2D eigenvalue weighted by molar-refractivity contribution is -0.149. The normalized spacial score (nSPS) is 19.6. The summed E-state index contributed by atoms with van der Waals surface area (Å²) in [6, 6.07) is 6.46. The van der Waals surface area contributed by atoms with Crippen molar-refractivity contribution in [2.45, 2.75) is 12.8 Å². The summed E-state index contributed by atoms with van der Waals surface area (Å²) in [5, 5.41) is 8.96. The number of hydrogen-bond acceptors (Lipinski definition) is 6. The summed E-state index contributed by atoms with van der Waals surface area (Å²) in [5.41, 5.74) is -0.656. The minimum absolute atomic E-state index is 0.0350. The van der Waals surface area contributed by atoms with Crippen molar-refractivity contribution in [2.24, 2.45) is 5.41 Å². The summed E-state index contributed by atoms with van der Waals surface area (Å²) in [7, 11) is 2.40. The first-order valence-corrected chi connectivity index (χ1v) is 6.22. The Bertz CT molecular complexity index is 673. The molecule has 6 heteroatoms. The summed E-state index contributed by atoms with van der Waals surface area (Å²) >= 11 is 0. The number of nitrogens with zero attached hydrogens (tertiary/aromatic N) is 1. The Balaban J connectivity index is 2.60. The number of esters is 2. The molecular weight excluding hydrogens is 274 g/mol. The van der Waals surface area contributed by atoms with Gasteiger partial charge in [-0.1, -0.05) is 12.1 Å². The third-order valence-electron chi connectivity index (χ3n) is 3.70. The molecular formula is C15H13NO5. The van der Waals surface area contributed by atoms with E-state index >= 15 is 0 Å². The lowest BCUT2D eigenvalue weighted by Gasteiger charge is -2.20. The van der Waals surface area contributed by atoms with Crippen molar-refractivity contribution in [3.05, 3.63) is 34.9 Å².